The van der Waals surface area contributed by atoms with Crippen LogP contribution in [-0.4, -0.2) is 44.5 Å². The molecule has 0 aliphatic carbocycles. The molecule has 0 saturated carbocycles. The second kappa shape index (κ2) is 5.80. The number of carboxylic acids is 1. The lowest BCUT2D eigenvalue weighted by Crippen LogP contribution is -2.41. The molecule has 1 fully saturated rings. The molecule has 1 aliphatic rings. The van der Waals surface area contributed by atoms with Gasteiger partial charge in [0.05, 0.1) is 15.3 Å². The van der Waals surface area contributed by atoms with Crippen molar-refractivity contribution in [3.8, 4) is 0 Å². The number of thioether (sulfide) groups is 1. The van der Waals surface area contributed by atoms with Crippen molar-refractivity contribution >= 4 is 45.3 Å². The highest BCUT2D eigenvalue weighted by molar-refractivity contribution is 9.10. The maximum Gasteiger partial charge on any atom is 0.327 e. The van der Waals surface area contributed by atoms with Gasteiger partial charge in [-0.3, -0.25) is 14.9 Å². The number of carboxylic acid groups (broad SMARTS) is 1. The molecule has 0 aromatic heterocycles. The first kappa shape index (κ1) is 14.8. The summed E-state index contributed by atoms with van der Waals surface area (Å²) in [6, 6.07) is 3.09. The van der Waals surface area contributed by atoms with Crippen LogP contribution in [0.5, 0.6) is 0 Å². The minimum absolute atomic E-state index is 0.105. The van der Waals surface area contributed by atoms with Gasteiger partial charge >= 0.3 is 5.97 Å². The van der Waals surface area contributed by atoms with Crippen molar-refractivity contribution in [2.75, 3.05) is 11.6 Å². The monoisotopic (exact) mass is 360 g/mol. The molecule has 1 N–H and O–H groups in total. The summed E-state index contributed by atoms with van der Waals surface area (Å²) in [4.78, 5) is 34.8. The summed E-state index contributed by atoms with van der Waals surface area (Å²) >= 11 is 4.37. The van der Waals surface area contributed by atoms with Gasteiger partial charge in [0.25, 0.3) is 11.6 Å². The average molecular weight is 361 g/mol. The smallest absolute Gasteiger partial charge is 0.327 e. The highest BCUT2D eigenvalue weighted by atomic mass is 79.9. The highest BCUT2D eigenvalue weighted by Gasteiger charge is 2.35. The van der Waals surface area contributed by atoms with Crippen molar-refractivity contribution in [2.45, 2.75) is 6.04 Å². The summed E-state index contributed by atoms with van der Waals surface area (Å²) in [5.74, 6) is -1.01. The van der Waals surface area contributed by atoms with E-state index in [4.69, 9.17) is 5.11 Å². The molecule has 106 valence electrons. The Labute approximate surface area is 126 Å². The Morgan fingerprint density at radius 2 is 2.20 bits per heavy atom. The molecule has 0 unspecified atom stereocenters. The van der Waals surface area contributed by atoms with Crippen LogP contribution in [0.3, 0.4) is 0 Å². The largest absolute Gasteiger partial charge is 0.480 e. The number of carbonyl (C=O) groups excluding carboxylic acids is 1. The zero-order chi connectivity index (χ0) is 14.9. The fraction of sp³-hybridized carbons (Fsp3) is 0.273. The summed E-state index contributed by atoms with van der Waals surface area (Å²) in [5, 5.41) is 19.9. The number of hydrogen-bond acceptors (Lipinski definition) is 5. The van der Waals surface area contributed by atoms with E-state index in [1.807, 2.05) is 0 Å². The summed E-state index contributed by atoms with van der Waals surface area (Å²) in [6.07, 6.45) is 0. The van der Waals surface area contributed by atoms with Crippen molar-refractivity contribution in [1.29, 1.82) is 0 Å². The van der Waals surface area contributed by atoms with Gasteiger partial charge in [-0.2, -0.15) is 0 Å². The molecule has 0 spiro atoms. The maximum atomic E-state index is 12.3. The van der Waals surface area contributed by atoms with Crippen LogP contribution in [0.25, 0.3) is 0 Å². The summed E-state index contributed by atoms with van der Waals surface area (Å²) in [5.41, 5.74) is -0.122. The Hall–Kier alpha value is -1.61. The SMILES string of the molecule is O=C(O)[C@@H]1CSCN1C(=O)c1ccc(Br)c([N+](=O)[O-])c1. The van der Waals surface area contributed by atoms with E-state index in [1.165, 1.54) is 28.8 Å². The van der Waals surface area contributed by atoms with E-state index >= 15 is 0 Å². The fourth-order valence-electron chi connectivity index (χ4n) is 1.80. The molecule has 0 bridgehead atoms. The third-order valence-corrected chi connectivity index (χ3v) is 4.50. The first-order chi connectivity index (χ1) is 9.41. The van der Waals surface area contributed by atoms with Crippen LogP contribution in [-0.2, 0) is 4.79 Å². The summed E-state index contributed by atoms with van der Waals surface area (Å²) in [6.45, 7) is 0. The molecule has 1 aliphatic heterocycles. The predicted molar refractivity (Wildman–Crippen MR) is 75.7 cm³/mol. The number of benzene rings is 1. The van der Waals surface area contributed by atoms with Gasteiger partial charge in [0.2, 0.25) is 0 Å². The Morgan fingerprint density at radius 3 is 2.80 bits per heavy atom. The topological polar surface area (TPSA) is 101 Å². The van der Waals surface area contributed by atoms with E-state index in [-0.39, 0.29) is 21.6 Å². The van der Waals surface area contributed by atoms with E-state index in [9.17, 15) is 19.7 Å². The molecular weight excluding hydrogens is 352 g/mol. The zero-order valence-corrected chi connectivity index (χ0v) is 12.4. The van der Waals surface area contributed by atoms with Crippen LogP contribution in [0.4, 0.5) is 5.69 Å². The second-order valence-electron chi connectivity index (χ2n) is 4.05. The summed E-state index contributed by atoms with van der Waals surface area (Å²) < 4.78 is 0.268. The number of rotatable bonds is 3. The molecule has 9 heteroatoms. The lowest BCUT2D eigenvalue weighted by Gasteiger charge is -2.20. The third-order valence-electron chi connectivity index (χ3n) is 2.82. The number of nitro groups is 1. The predicted octanol–water partition coefficient (Wildman–Crippen LogP) is 1.96. The van der Waals surface area contributed by atoms with Gasteiger partial charge in [-0.1, -0.05) is 0 Å². The second-order valence-corrected chi connectivity index (χ2v) is 5.91. The van der Waals surface area contributed by atoms with Crippen molar-refractivity contribution in [3.63, 3.8) is 0 Å². The standard InChI is InChI=1S/C11H9BrN2O5S/c12-7-2-1-6(3-8(7)14(18)19)10(15)13-5-20-4-9(13)11(16)17/h1-3,9H,4-5H2,(H,16,17)/t9-/m0/s1. The average Bonchev–Trinajstić information content (AvgIpc) is 2.87. The highest BCUT2D eigenvalue weighted by Crippen LogP contribution is 2.28. The van der Waals surface area contributed by atoms with Crippen LogP contribution in [0.15, 0.2) is 22.7 Å². The molecular formula is C11H9BrN2O5S. The molecule has 1 saturated heterocycles. The Morgan fingerprint density at radius 1 is 1.50 bits per heavy atom. The van der Waals surface area contributed by atoms with Gasteiger partial charge in [0, 0.05) is 17.4 Å². The van der Waals surface area contributed by atoms with Crippen LogP contribution in [0.1, 0.15) is 10.4 Å². The van der Waals surface area contributed by atoms with Gasteiger partial charge in [-0.15, -0.1) is 11.8 Å². The quantitative estimate of drug-likeness (QED) is 0.652. The minimum Gasteiger partial charge on any atom is -0.480 e. The molecule has 2 rings (SSSR count). The van der Waals surface area contributed by atoms with Gasteiger partial charge in [0.15, 0.2) is 0 Å². The van der Waals surface area contributed by atoms with Crippen LogP contribution >= 0.6 is 27.7 Å². The zero-order valence-electron chi connectivity index (χ0n) is 9.98. The normalized spacial score (nSPS) is 18.1. The van der Waals surface area contributed by atoms with Gasteiger partial charge in [0.1, 0.15) is 6.04 Å². The third kappa shape index (κ3) is 2.78. The molecule has 0 radical (unpaired) electrons. The van der Waals surface area contributed by atoms with Gasteiger partial charge in [-0.25, -0.2) is 4.79 Å². The molecule has 1 aromatic rings. The van der Waals surface area contributed by atoms with Crippen LogP contribution < -0.4 is 0 Å². The van der Waals surface area contributed by atoms with Crippen molar-refractivity contribution in [1.82, 2.24) is 4.90 Å². The molecule has 1 heterocycles. The number of hydrogen-bond donors (Lipinski definition) is 1. The Bertz CT molecular complexity index is 594. The number of carbonyl (C=O) groups is 2. The molecule has 20 heavy (non-hydrogen) atoms. The van der Waals surface area contributed by atoms with Gasteiger partial charge in [-0.05, 0) is 28.1 Å². The van der Waals surface area contributed by atoms with Crippen LogP contribution in [0, 0.1) is 10.1 Å². The summed E-state index contributed by atoms with van der Waals surface area (Å²) in [7, 11) is 0. The lowest BCUT2D eigenvalue weighted by molar-refractivity contribution is -0.385. The first-order valence-corrected chi connectivity index (χ1v) is 7.42. The van der Waals surface area contributed by atoms with E-state index in [2.05, 4.69) is 15.9 Å². The van der Waals surface area contributed by atoms with E-state index < -0.39 is 22.8 Å². The maximum absolute atomic E-state index is 12.3. The van der Waals surface area contributed by atoms with Crippen LogP contribution in [0.2, 0.25) is 0 Å². The molecule has 1 atom stereocenters. The minimum atomic E-state index is -1.07. The van der Waals surface area contributed by atoms with Crippen molar-refractivity contribution in [3.05, 3.63) is 38.3 Å². The number of aliphatic carboxylic acids is 1. The van der Waals surface area contributed by atoms with E-state index in [0.29, 0.717) is 5.75 Å². The van der Waals surface area contributed by atoms with Crippen molar-refractivity contribution in [2.24, 2.45) is 0 Å². The number of nitro benzene ring substituents is 1. The number of nitrogens with zero attached hydrogens (tertiary/aromatic N) is 2. The van der Waals surface area contributed by atoms with Gasteiger partial charge < -0.3 is 10.0 Å². The molecule has 7 nitrogen and oxygen atoms in total. The lowest BCUT2D eigenvalue weighted by atomic mass is 10.1. The fourth-order valence-corrected chi connectivity index (χ4v) is 3.34. The first-order valence-electron chi connectivity index (χ1n) is 5.47. The molecule has 1 amide bonds. The van der Waals surface area contributed by atoms with E-state index in [1.54, 1.807) is 0 Å². The van der Waals surface area contributed by atoms with E-state index in [0.717, 1.165) is 6.07 Å². The number of halogens is 1. The molecule has 1 aromatic carbocycles. The Kier molecular flexibility index (Phi) is 4.29. The van der Waals surface area contributed by atoms with Crippen molar-refractivity contribution < 1.29 is 19.6 Å². The Balaban J connectivity index is 2.32. The number of amides is 1.